The number of halogens is 7. The van der Waals surface area contributed by atoms with Crippen molar-refractivity contribution in [2.45, 2.75) is 74.7 Å². The molecule has 0 amide bonds. The molecule has 0 N–H and O–H groups in total. The molecule has 3 aliphatic carbocycles. The van der Waals surface area contributed by atoms with Gasteiger partial charge in [-0.25, -0.2) is 4.39 Å². The largest absolute Gasteiger partial charge is 0.429 e. The molecule has 26 heavy (non-hydrogen) atoms. The first kappa shape index (κ1) is 19.9. The molecule has 0 aromatic carbocycles. The van der Waals surface area contributed by atoms with E-state index in [-0.39, 0.29) is 6.42 Å². The highest BCUT2D eigenvalue weighted by Gasteiger charge is 2.84. The fourth-order valence-electron chi connectivity index (χ4n) is 4.57. The first-order valence-electron chi connectivity index (χ1n) is 8.77. The van der Waals surface area contributed by atoms with Crippen LogP contribution in [0.15, 0.2) is 12.2 Å². The van der Waals surface area contributed by atoms with Crippen LogP contribution in [0, 0.1) is 11.8 Å². The van der Waals surface area contributed by atoms with Crippen LogP contribution in [0.5, 0.6) is 0 Å². The second kappa shape index (κ2) is 6.65. The lowest BCUT2D eigenvalue weighted by atomic mass is 9.74. The van der Waals surface area contributed by atoms with Gasteiger partial charge in [0.2, 0.25) is 0 Å². The van der Waals surface area contributed by atoms with Gasteiger partial charge in [0.05, 0.1) is 6.10 Å². The third kappa shape index (κ3) is 3.04. The van der Waals surface area contributed by atoms with Crippen LogP contribution in [-0.4, -0.2) is 36.5 Å². The predicted molar refractivity (Wildman–Crippen MR) is 77.9 cm³/mol. The molecule has 2 bridgehead atoms. The zero-order chi connectivity index (χ0) is 19.2. The van der Waals surface area contributed by atoms with Gasteiger partial charge >= 0.3 is 12.4 Å². The molecule has 0 aliphatic heterocycles. The summed E-state index contributed by atoms with van der Waals surface area (Å²) in [4.78, 5) is 0. The summed E-state index contributed by atoms with van der Waals surface area (Å²) in [7, 11) is 0. The van der Waals surface area contributed by atoms with Crippen LogP contribution in [0.4, 0.5) is 30.7 Å². The first-order valence-corrected chi connectivity index (χ1v) is 8.77. The van der Waals surface area contributed by atoms with Gasteiger partial charge in [0, 0.05) is 5.92 Å². The van der Waals surface area contributed by atoms with Crippen molar-refractivity contribution in [3.63, 3.8) is 0 Å². The lowest BCUT2D eigenvalue weighted by molar-refractivity contribution is -0.430. The molecule has 3 rings (SSSR count). The highest BCUT2D eigenvalue weighted by molar-refractivity contribution is 5.26. The maximum atomic E-state index is 15.4. The molecule has 0 spiro atoms. The molecule has 9 heteroatoms. The topological polar surface area (TPSA) is 18.5 Å². The smallest absolute Gasteiger partial charge is 0.352 e. The standard InChI is InChI=1S/C17H21F7O2/c18-14(9-11-6-7-12(14)8-11)15(16(19,20)21,17(22,23)24)26-10-25-13-4-2-1-3-5-13/h6-7,11-13H,1-5,8-10H2. The number of ether oxygens (including phenoxy) is 2. The van der Waals surface area contributed by atoms with E-state index in [0.717, 1.165) is 25.3 Å². The number of hydrogen-bond acceptors (Lipinski definition) is 2. The summed E-state index contributed by atoms with van der Waals surface area (Å²) in [5.41, 5.74) is -8.50. The Morgan fingerprint density at radius 2 is 1.54 bits per heavy atom. The Bertz CT molecular complexity index is 522. The van der Waals surface area contributed by atoms with E-state index in [1.807, 2.05) is 0 Å². The van der Waals surface area contributed by atoms with E-state index in [9.17, 15) is 26.3 Å². The minimum absolute atomic E-state index is 0.0722. The molecule has 0 heterocycles. The summed E-state index contributed by atoms with van der Waals surface area (Å²) in [5, 5.41) is 0. The van der Waals surface area contributed by atoms with Gasteiger partial charge < -0.3 is 9.47 Å². The Balaban J connectivity index is 1.87. The van der Waals surface area contributed by atoms with Crippen molar-refractivity contribution in [3.05, 3.63) is 12.2 Å². The summed E-state index contributed by atoms with van der Waals surface area (Å²) in [6.07, 6.45) is -7.14. The zero-order valence-corrected chi connectivity index (χ0v) is 14.0. The average Bonchev–Trinajstić information content (AvgIpc) is 3.10. The molecule has 3 atom stereocenters. The van der Waals surface area contributed by atoms with E-state index in [0.29, 0.717) is 12.8 Å². The van der Waals surface area contributed by atoms with E-state index >= 15 is 4.39 Å². The van der Waals surface area contributed by atoms with Crippen molar-refractivity contribution in [2.75, 3.05) is 6.79 Å². The van der Waals surface area contributed by atoms with Crippen molar-refractivity contribution in [1.82, 2.24) is 0 Å². The van der Waals surface area contributed by atoms with Gasteiger partial charge in [0.15, 0.2) is 5.67 Å². The van der Waals surface area contributed by atoms with E-state index in [1.54, 1.807) is 0 Å². The van der Waals surface area contributed by atoms with Crippen molar-refractivity contribution < 1.29 is 40.2 Å². The molecule has 2 fully saturated rings. The molecule has 0 radical (unpaired) electrons. The summed E-state index contributed by atoms with van der Waals surface area (Å²) in [6, 6.07) is 0. The fraction of sp³-hybridized carbons (Fsp3) is 0.882. The molecule has 150 valence electrons. The number of allylic oxidation sites excluding steroid dienone is 2. The molecule has 3 aliphatic rings. The Morgan fingerprint density at radius 3 is 2.00 bits per heavy atom. The van der Waals surface area contributed by atoms with E-state index in [2.05, 4.69) is 4.74 Å². The summed E-state index contributed by atoms with van der Waals surface area (Å²) in [6.45, 7) is -1.24. The maximum absolute atomic E-state index is 15.4. The van der Waals surface area contributed by atoms with Crippen molar-refractivity contribution in [3.8, 4) is 0 Å². The van der Waals surface area contributed by atoms with Gasteiger partial charge in [-0.1, -0.05) is 31.4 Å². The monoisotopic (exact) mass is 390 g/mol. The Hall–Kier alpha value is -0.830. The lowest BCUT2D eigenvalue weighted by Crippen LogP contribution is -2.72. The number of hydrogen-bond donors (Lipinski definition) is 0. The van der Waals surface area contributed by atoms with Crippen LogP contribution in [0.25, 0.3) is 0 Å². The van der Waals surface area contributed by atoms with Crippen molar-refractivity contribution in [1.29, 1.82) is 0 Å². The molecule has 3 unspecified atom stereocenters. The van der Waals surface area contributed by atoms with Crippen LogP contribution >= 0.6 is 0 Å². The second-order valence-corrected chi connectivity index (χ2v) is 7.42. The van der Waals surface area contributed by atoms with Crippen LogP contribution in [0.1, 0.15) is 44.9 Å². The maximum Gasteiger partial charge on any atom is 0.429 e. The highest BCUT2D eigenvalue weighted by Crippen LogP contribution is 2.63. The van der Waals surface area contributed by atoms with Crippen LogP contribution in [-0.2, 0) is 9.47 Å². The van der Waals surface area contributed by atoms with E-state index < -0.39 is 54.8 Å². The van der Waals surface area contributed by atoms with Crippen LogP contribution < -0.4 is 0 Å². The van der Waals surface area contributed by atoms with Crippen LogP contribution in [0.3, 0.4) is 0 Å². The minimum atomic E-state index is -5.96. The third-order valence-electron chi connectivity index (χ3n) is 5.83. The Kier molecular flexibility index (Phi) is 5.10. The van der Waals surface area contributed by atoms with Crippen LogP contribution in [0.2, 0.25) is 0 Å². The van der Waals surface area contributed by atoms with Gasteiger partial charge in [-0.15, -0.1) is 0 Å². The summed E-state index contributed by atoms with van der Waals surface area (Å²) < 4.78 is 107. The number of alkyl halides is 7. The number of rotatable bonds is 5. The molecule has 0 saturated heterocycles. The SMILES string of the molecule is FC(F)(F)C(OCOC1CCCCC1)(C(F)(F)F)C1(F)CC2C=CC1C2. The second-order valence-electron chi connectivity index (χ2n) is 7.42. The average molecular weight is 390 g/mol. The Labute approximate surface area is 146 Å². The van der Waals surface area contributed by atoms with E-state index in [1.165, 1.54) is 6.08 Å². The van der Waals surface area contributed by atoms with Gasteiger partial charge in [-0.3, -0.25) is 0 Å². The summed E-state index contributed by atoms with van der Waals surface area (Å²) in [5.74, 6) is -2.12. The van der Waals surface area contributed by atoms with Gasteiger partial charge in [-0.05, 0) is 31.6 Å². The molecular weight excluding hydrogens is 369 g/mol. The van der Waals surface area contributed by atoms with E-state index in [4.69, 9.17) is 4.74 Å². The minimum Gasteiger partial charge on any atom is -0.352 e. The Morgan fingerprint density at radius 1 is 0.923 bits per heavy atom. The lowest BCUT2D eigenvalue weighted by Gasteiger charge is -2.47. The fourth-order valence-corrected chi connectivity index (χ4v) is 4.57. The normalized spacial score (nSPS) is 33.2. The number of fused-ring (bicyclic) bond motifs is 2. The van der Waals surface area contributed by atoms with Crippen molar-refractivity contribution >= 4 is 0 Å². The van der Waals surface area contributed by atoms with Gasteiger partial charge in [0.1, 0.15) is 6.79 Å². The third-order valence-corrected chi connectivity index (χ3v) is 5.83. The van der Waals surface area contributed by atoms with Gasteiger partial charge in [0.25, 0.3) is 5.60 Å². The molecular formula is C17H21F7O2. The predicted octanol–water partition coefficient (Wildman–Crippen LogP) is 5.48. The van der Waals surface area contributed by atoms with Crippen molar-refractivity contribution in [2.24, 2.45) is 11.8 Å². The highest BCUT2D eigenvalue weighted by atomic mass is 19.4. The molecule has 0 aromatic rings. The van der Waals surface area contributed by atoms with Gasteiger partial charge in [-0.2, -0.15) is 26.3 Å². The first-order chi connectivity index (χ1) is 12.0. The zero-order valence-electron chi connectivity index (χ0n) is 14.0. The molecule has 0 aromatic heterocycles. The quantitative estimate of drug-likeness (QED) is 0.352. The molecule has 2 nitrogen and oxygen atoms in total. The molecule has 2 saturated carbocycles. The summed E-state index contributed by atoms with van der Waals surface area (Å²) >= 11 is 0.